The highest BCUT2D eigenvalue weighted by atomic mass is 14.0. The average Bonchev–Trinajstić information content (AvgIpc) is 3.06. The summed E-state index contributed by atoms with van der Waals surface area (Å²) in [5.74, 6) is 0. The molecule has 0 amide bonds. The van der Waals surface area contributed by atoms with Crippen LogP contribution in [-0.2, 0) is 12.8 Å². The van der Waals surface area contributed by atoms with Crippen LogP contribution in [0.5, 0.6) is 0 Å². The Morgan fingerprint density at radius 2 is 0.511 bits per heavy atom. The summed E-state index contributed by atoms with van der Waals surface area (Å²) in [7, 11) is 0. The lowest BCUT2D eigenvalue weighted by atomic mass is 10.1. The molecule has 0 heteroatoms. The maximum absolute atomic E-state index is 2.16. The van der Waals surface area contributed by atoms with Crippen molar-refractivity contribution in [2.24, 2.45) is 0 Å². The SMILES string of the molecule is C.C.C.C.CC.CC.CCC.CCC.CCc1ccccc1.c1ccc(Cc2ccccc2)cc1.c1ccc2ccccc2c1. The van der Waals surface area contributed by atoms with Gasteiger partial charge < -0.3 is 0 Å². The Labute approximate surface area is 284 Å². The van der Waals surface area contributed by atoms with Gasteiger partial charge in [-0.2, -0.15) is 0 Å². The van der Waals surface area contributed by atoms with Gasteiger partial charge in [-0.1, -0.05) is 244 Å². The molecule has 0 saturated carbocycles. The third-order valence-electron chi connectivity index (χ3n) is 5.00. The van der Waals surface area contributed by atoms with Crippen molar-refractivity contribution in [3.63, 3.8) is 0 Å². The highest BCUT2D eigenvalue weighted by Crippen LogP contribution is 2.11. The molecule has 0 heterocycles. The van der Waals surface area contributed by atoms with E-state index in [-0.39, 0.29) is 29.7 Å². The molecule has 0 nitrogen and oxygen atoms in total. The van der Waals surface area contributed by atoms with Crippen molar-refractivity contribution < 1.29 is 0 Å². The summed E-state index contributed by atoms with van der Waals surface area (Å²) < 4.78 is 0. The number of hydrogen-bond donors (Lipinski definition) is 0. The van der Waals surface area contributed by atoms with Crippen LogP contribution in [0.1, 0.15) is 122 Å². The molecule has 0 spiro atoms. The molecule has 5 aromatic rings. The van der Waals surface area contributed by atoms with Gasteiger partial charge in [0.05, 0.1) is 0 Å². The van der Waals surface area contributed by atoms with Gasteiger partial charge in [0.2, 0.25) is 0 Å². The van der Waals surface area contributed by atoms with Crippen LogP contribution in [0.3, 0.4) is 0 Å². The Balaban J connectivity index is -0.000000108. The molecule has 0 unspecified atom stereocenters. The predicted molar refractivity (Wildman–Crippen MR) is 217 cm³/mol. The fraction of sp³-hybridized carbons (Fsp3) is 0.378. The molecule has 0 aliphatic heterocycles. The normalized spacial score (nSPS) is 7.76. The van der Waals surface area contributed by atoms with E-state index >= 15 is 0 Å². The number of aryl methyl sites for hydroxylation is 1. The van der Waals surface area contributed by atoms with Gasteiger partial charge in [-0.05, 0) is 40.3 Å². The Bertz CT molecular complexity index is 1040. The van der Waals surface area contributed by atoms with E-state index in [2.05, 4.69) is 168 Å². The minimum Gasteiger partial charge on any atom is -0.0776 e. The van der Waals surface area contributed by atoms with Gasteiger partial charge in [-0.15, -0.1) is 0 Å². The largest absolute Gasteiger partial charge is 0.0776 e. The number of fused-ring (bicyclic) bond motifs is 1. The molecule has 0 atom stereocenters. The van der Waals surface area contributed by atoms with Crippen LogP contribution in [0.15, 0.2) is 140 Å². The zero-order valence-electron chi connectivity index (χ0n) is 27.6. The smallest absolute Gasteiger partial charge is 0.00258 e. The van der Waals surface area contributed by atoms with Crippen LogP contribution in [0.2, 0.25) is 0 Å². The van der Waals surface area contributed by atoms with Gasteiger partial charge in [-0.3, -0.25) is 0 Å². The Hall–Kier alpha value is -3.64. The topological polar surface area (TPSA) is 0 Å². The molecule has 0 bridgehead atoms. The molecule has 5 rings (SSSR count). The van der Waals surface area contributed by atoms with Crippen molar-refractivity contribution in [1.82, 2.24) is 0 Å². The second kappa shape index (κ2) is 42.5. The van der Waals surface area contributed by atoms with Gasteiger partial charge >= 0.3 is 0 Å². The van der Waals surface area contributed by atoms with E-state index in [4.69, 9.17) is 0 Å². The summed E-state index contributed by atoms with van der Waals surface area (Å²) >= 11 is 0. The van der Waals surface area contributed by atoms with Crippen LogP contribution < -0.4 is 0 Å². The number of rotatable bonds is 3. The molecule has 0 saturated heterocycles. The molecule has 0 aromatic heterocycles. The van der Waals surface area contributed by atoms with Gasteiger partial charge in [-0.25, -0.2) is 0 Å². The van der Waals surface area contributed by atoms with Gasteiger partial charge in [0.25, 0.3) is 0 Å². The van der Waals surface area contributed by atoms with Crippen molar-refractivity contribution in [2.45, 2.75) is 118 Å². The summed E-state index contributed by atoms with van der Waals surface area (Å²) in [6.45, 7) is 18.7. The summed E-state index contributed by atoms with van der Waals surface area (Å²) in [6, 6.07) is 48.2. The second-order valence-corrected chi connectivity index (χ2v) is 8.75. The van der Waals surface area contributed by atoms with Crippen molar-refractivity contribution >= 4 is 10.8 Å². The second-order valence-electron chi connectivity index (χ2n) is 8.75. The first-order chi connectivity index (χ1) is 20.2. The third kappa shape index (κ3) is 30.2. The van der Waals surface area contributed by atoms with Crippen molar-refractivity contribution in [2.75, 3.05) is 0 Å². The minimum atomic E-state index is 0. The summed E-state index contributed by atoms with van der Waals surface area (Å²) in [6.07, 6.45) is 4.67. The maximum Gasteiger partial charge on any atom is -0.00258 e. The third-order valence-corrected chi connectivity index (χ3v) is 5.00. The van der Waals surface area contributed by atoms with Crippen LogP contribution in [0.4, 0.5) is 0 Å². The predicted octanol–water partition coefficient (Wildman–Crippen LogP) is 15.8. The molecule has 45 heavy (non-hydrogen) atoms. The minimum absolute atomic E-state index is 0. The van der Waals surface area contributed by atoms with E-state index in [1.165, 1.54) is 40.3 Å². The number of benzene rings is 5. The monoisotopic (exact) mass is 615 g/mol. The van der Waals surface area contributed by atoms with Gasteiger partial charge in [0.1, 0.15) is 0 Å². The lowest BCUT2D eigenvalue weighted by Crippen LogP contribution is -1.85. The van der Waals surface area contributed by atoms with Gasteiger partial charge in [0.15, 0.2) is 0 Å². The molecule has 0 aliphatic carbocycles. The van der Waals surface area contributed by atoms with E-state index < -0.39 is 0 Å². The van der Waals surface area contributed by atoms with E-state index in [0.29, 0.717) is 0 Å². The van der Waals surface area contributed by atoms with E-state index in [1.807, 2.05) is 33.8 Å². The van der Waals surface area contributed by atoms with E-state index in [0.717, 1.165) is 12.8 Å². The van der Waals surface area contributed by atoms with Crippen LogP contribution >= 0.6 is 0 Å². The van der Waals surface area contributed by atoms with Crippen molar-refractivity contribution in [1.29, 1.82) is 0 Å². The molecular weight excluding hydrogens is 540 g/mol. The van der Waals surface area contributed by atoms with Crippen molar-refractivity contribution in [3.8, 4) is 0 Å². The Morgan fingerprint density at radius 3 is 0.711 bits per heavy atom. The van der Waals surface area contributed by atoms with E-state index in [1.54, 1.807) is 0 Å². The van der Waals surface area contributed by atoms with Crippen LogP contribution in [0, 0.1) is 0 Å². The molecule has 0 radical (unpaired) electrons. The zero-order valence-corrected chi connectivity index (χ0v) is 27.6. The Morgan fingerprint density at radius 1 is 0.311 bits per heavy atom. The first-order valence-electron chi connectivity index (χ1n) is 15.7. The lowest BCUT2D eigenvalue weighted by Gasteiger charge is -2.00. The fourth-order valence-corrected chi connectivity index (χ4v) is 3.27. The summed E-state index contributed by atoms with van der Waals surface area (Å²) in [4.78, 5) is 0. The first kappa shape index (κ1) is 53.9. The standard InChI is InChI=1S/C13H12.C10H8.C8H10.2C3H8.2C2H6.4CH4/c1-3-7-12(8-4-1)11-13-9-5-2-6-10-13;1-2-6-10-8-4-3-7-9(10)5-1;1-2-8-6-4-3-5-7-8;2*1-3-2;2*1-2;;;;/h1-10H,11H2;1-8H;3-7H,2H2,1H3;2*3H2,1-2H3;2*1-2H3;4*1H4. The maximum atomic E-state index is 2.16. The molecule has 254 valence electrons. The first-order valence-corrected chi connectivity index (χ1v) is 15.7. The molecule has 0 fully saturated rings. The zero-order chi connectivity index (χ0) is 31.0. The molecule has 0 aliphatic rings. The van der Waals surface area contributed by atoms with Crippen molar-refractivity contribution in [3.05, 3.63) is 156 Å². The van der Waals surface area contributed by atoms with Crippen LogP contribution in [-0.4, -0.2) is 0 Å². The Kier molecular flexibility index (Phi) is 50.9. The molecule has 5 aromatic carbocycles. The molecule has 0 N–H and O–H groups in total. The van der Waals surface area contributed by atoms with E-state index in [9.17, 15) is 0 Å². The summed E-state index contributed by atoms with van der Waals surface area (Å²) in [5, 5.41) is 2.62. The fourth-order valence-electron chi connectivity index (χ4n) is 3.27. The van der Waals surface area contributed by atoms with Crippen LogP contribution in [0.25, 0.3) is 10.8 Å². The highest BCUT2D eigenvalue weighted by molar-refractivity contribution is 5.82. The average molecular weight is 615 g/mol. The van der Waals surface area contributed by atoms with Gasteiger partial charge in [0, 0.05) is 0 Å². The molecular formula is C45H74. The lowest BCUT2D eigenvalue weighted by molar-refractivity contribution is 1.09. The highest BCUT2D eigenvalue weighted by Gasteiger charge is 1.92. The summed E-state index contributed by atoms with van der Waals surface area (Å²) in [5.41, 5.74) is 4.15. The number of hydrogen-bond acceptors (Lipinski definition) is 0. The quantitative estimate of drug-likeness (QED) is 0.190.